The molecular weight excluding hydrogens is 362 g/mol. The van der Waals surface area contributed by atoms with E-state index in [0.717, 1.165) is 6.08 Å². The number of benzene rings is 1. The van der Waals surface area contributed by atoms with Crippen LogP contribution >= 0.6 is 0 Å². The van der Waals surface area contributed by atoms with Crippen molar-refractivity contribution in [3.8, 4) is 0 Å². The zero-order chi connectivity index (χ0) is 19.2. The first-order valence-corrected chi connectivity index (χ1v) is 9.64. The van der Waals surface area contributed by atoms with Crippen LogP contribution in [-0.4, -0.2) is 57.5 Å². The molecule has 0 unspecified atom stereocenters. The molecule has 9 heteroatoms. The van der Waals surface area contributed by atoms with E-state index in [1.165, 1.54) is 13.2 Å². The number of sulfone groups is 1. The van der Waals surface area contributed by atoms with Crippen molar-refractivity contribution in [1.82, 2.24) is 5.32 Å². The van der Waals surface area contributed by atoms with Crippen LogP contribution in [0.4, 0.5) is 0 Å². The Morgan fingerprint density at radius 2 is 1.92 bits per heavy atom. The molecule has 2 rings (SSSR count). The van der Waals surface area contributed by atoms with Gasteiger partial charge >= 0.3 is 11.9 Å². The van der Waals surface area contributed by atoms with Crippen molar-refractivity contribution in [2.24, 2.45) is 0 Å². The molecule has 0 radical (unpaired) electrons. The number of carbonyl (C=O) groups excluding carboxylic acids is 3. The smallest absolute Gasteiger partial charge is 0.337 e. The third-order valence-corrected chi connectivity index (χ3v) is 5.45. The molecule has 1 saturated heterocycles. The van der Waals surface area contributed by atoms with E-state index in [1.54, 1.807) is 24.3 Å². The number of ether oxygens (including phenoxy) is 2. The number of hydrogen-bond acceptors (Lipinski definition) is 7. The zero-order valence-corrected chi connectivity index (χ0v) is 15.0. The van der Waals surface area contributed by atoms with Crippen molar-refractivity contribution in [3.63, 3.8) is 0 Å². The van der Waals surface area contributed by atoms with Crippen LogP contribution in [0.3, 0.4) is 0 Å². The van der Waals surface area contributed by atoms with Crippen molar-refractivity contribution < 1.29 is 32.3 Å². The van der Waals surface area contributed by atoms with Gasteiger partial charge in [-0.1, -0.05) is 12.1 Å². The van der Waals surface area contributed by atoms with Crippen molar-refractivity contribution in [1.29, 1.82) is 0 Å². The zero-order valence-electron chi connectivity index (χ0n) is 14.1. The molecular formula is C17H19NO7S. The van der Waals surface area contributed by atoms with Gasteiger partial charge < -0.3 is 14.8 Å². The van der Waals surface area contributed by atoms with Gasteiger partial charge in [-0.15, -0.1) is 0 Å². The van der Waals surface area contributed by atoms with Crippen LogP contribution < -0.4 is 5.32 Å². The van der Waals surface area contributed by atoms with Crippen molar-refractivity contribution in [2.45, 2.75) is 12.5 Å². The minimum Gasteiger partial charge on any atom is -0.465 e. The normalized spacial score (nSPS) is 18.4. The minimum absolute atomic E-state index is 0.0508. The maximum Gasteiger partial charge on any atom is 0.337 e. The summed E-state index contributed by atoms with van der Waals surface area (Å²) in [7, 11) is -1.80. The van der Waals surface area contributed by atoms with Gasteiger partial charge in [0.1, 0.15) is 0 Å². The monoisotopic (exact) mass is 381 g/mol. The Kier molecular flexibility index (Phi) is 6.51. The van der Waals surface area contributed by atoms with Crippen LogP contribution in [0.15, 0.2) is 30.3 Å². The molecule has 1 amide bonds. The van der Waals surface area contributed by atoms with E-state index in [9.17, 15) is 22.8 Å². The van der Waals surface area contributed by atoms with Crippen molar-refractivity contribution >= 4 is 33.8 Å². The van der Waals surface area contributed by atoms with Gasteiger partial charge in [0.2, 0.25) is 0 Å². The molecule has 1 aliphatic rings. The van der Waals surface area contributed by atoms with Gasteiger partial charge in [-0.2, -0.15) is 0 Å². The molecule has 8 nitrogen and oxygen atoms in total. The lowest BCUT2D eigenvalue weighted by Crippen LogP contribution is -2.38. The summed E-state index contributed by atoms with van der Waals surface area (Å²) in [6, 6.07) is 5.93. The molecule has 26 heavy (non-hydrogen) atoms. The molecule has 0 aromatic heterocycles. The standard InChI is InChI=1S/C17H19NO7S/c1-24-17(21)13-5-2-12(3-6-13)4-7-16(20)25-10-15(19)18-14-8-9-26(22,23)11-14/h2-7,14H,8-11H2,1H3,(H,18,19)/b7-4+/t14-/m0/s1. The van der Waals surface area contributed by atoms with E-state index in [4.69, 9.17) is 4.74 Å². The van der Waals surface area contributed by atoms with Gasteiger partial charge in [-0.05, 0) is 30.2 Å². The van der Waals surface area contributed by atoms with Crippen LogP contribution in [0.5, 0.6) is 0 Å². The summed E-state index contributed by atoms with van der Waals surface area (Å²) < 4.78 is 32.0. The highest BCUT2D eigenvalue weighted by molar-refractivity contribution is 7.91. The minimum atomic E-state index is -3.08. The van der Waals surface area contributed by atoms with E-state index in [2.05, 4.69) is 10.1 Å². The number of esters is 2. The van der Waals surface area contributed by atoms with Crippen molar-refractivity contribution in [3.05, 3.63) is 41.5 Å². The van der Waals surface area contributed by atoms with Gasteiger partial charge in [-0.25, -0.2) is 18.0 Å². The third-order valence-electron chi connectivity index (χ3n) is 3.69. The molecule has 0 spiro atoms. The second-order valence-corrected chi connectivity index (χ2v) is 7.95. The second-order valence-electron chi connectivity index (χ2n) is 5.72. The Bertz CT molecular complexity index is 812. The fourth-order valence-corrected chi connectivity index (χ4v) is 4.05. The van der Waals surface area contributed by atoms with Gasteiger partial charge in [0.15, 0.2) is 16.4 Å². The lowest BCUT2D eigenvalue weighted by molar-refractivity contribution is -0.143. The van der Waals surface area contributed by atoms with Gasteiger partial charge in [0.05, 0.1) is 24.2 Å². The molecule has 0 saturated carbocycles. The topological polar surface area (TPSA) is 116 Å². The number of methoxy groups -OCH3 is 1. The highest BCUT2D eigenvalue weighted by atomic mass is 32.2. The number of nitrogens with one attached hydrogen (secondary N) is 1. The van der Waals surface area contributed by atoms with E-state index in [0.29, 0.717) is 17.5 Å². The summed E-state index contributed by atoms with van der Waals surface area (Å²) in [5.41, 5.74) is 1.05. The van der Waals surface area contributed by atoms with E-state index >= 15 is 0 Å². The number of carbonyl (C=O) groups is 3. The average Bonchev–Trinajstić information content (AvgIpc) is 2.96. The number of hydrogen-bond donors (Lipinski definition) is 1. The Morgan fingerprint density at radius 3 is 2.50 bits per heavy atom. The summed E-state index contributed by atoms with van der Waals surface area (Å²) in [4.78, 5) is 34.6. The Hall–Kier alpha value is -2.68. The maximum atomic E-state index is 11.7. The van der Waals surface area contributed by atoms with Crippen LogP contribution in [0.2, 0.25) is 0 Å². The van der Waals surface area contributed by atoms with Gasteiger partial charge in [0, 0.05) is 12.1 Å². The molecule has 0 aliphatic carbocycles. The SMILES string of the molecule is COC(=O)c1ccc(/C=C/C(=O)OCC(=O)N[C@H]2CCS(=O)(=O)C2)cc1. The summed E-state index contributed by atoms with van der Waals surface area (Å²) in [6.45, 7) is -0.485. The lowest BCUT2D eigenvalue weighted by Gasteiger charge is -2.10. The van der Waals surface area contributed by atoms with Gasteiger partial charge in [0.25, 0.3) is 5.91 Å². The Morgan fingerprint density at radius 1 is 1.23 bits per heavy atom. The molecule has 1 aliphatic heterocycles. The second kappa shape index (κ2) is 8.61. The van der Waals surface area contributed by atoms with E-state index in [-0.39, 0.29) is 11.5 Å². The molecule has 1 aromatic carbocycles. The summed E-state index contributed by atoms with van der Waals surface area (Å²) in [6.07, 6.45) is 2.99. The highest BCUT2D eigenvalue weighted by Gasteiger charge is 2.28. The van der Waals surface area contributed by atoms with E-state index in [1.807, 2.05) is 0 Å². The van der Waals surface area contributed by atoms with Crippen LogP contribution in [0.25, 0.3) is 6.08 Å². The lowest BCUT2D eigenvalue weighted by atomic mass is 10.1. The molecule has 1 heterocycles. The average molecular weight is 381 g/mol. The first kappa shape index (κ1) is 19.6. The predicted octanol–water partition coefficient (Wildman–Crippen LogP) is 0.333. The largest absolute Gasteiger partial charge is 0.465 e. The predicted molar refractivity (Wildman–Crippen MR) is 93.0 cm³/mol. The Balaban J connectivity index is 1.76. The third kappa shape index (κ3) is 5.99. The van der Waals surface area contributed by atoms with Crippen molar-refractivity contribution in [2.75, 3.05) is 25.2 Å². The van der Waals surface area contributed by atoms with Crippen LogP contribution in [0, 0.1) is 0 Å². The molecule has 1 N–H and O–H groups in total. The Labute approximate surface area is 151 Å². The van der Waals surface area contributed by atoms with Crippen LogP contribution in [0.1, 0.15) is 22.3 Å². The first-order valence-electron chi connectivity index (χ1n) is 7.82. The number of amides is 1. The summed E-state index contributed by atoms with van der Waals surface area (Å²) in [5, 5.41) is 2.52. The highest BCUT2D eigenvalue weighted by Crippen LogP contribution is 2.11. The molecule has 0 bridgehead atoms. The summed E-state index contributed by atoms with van der Waals surface area (Å²) in [5.74, 6) is -1.75. The molecule has 1 fully saturated rings. The van der Waals surface area contributed by atoms with Crippen LogP contribution in [-0.2, 0) is 28.9 Å². The fourth-order valence-electron chi connectivity index (χ4n) is 2.38. The van der Waals surface area contributed by atoms with E-state index < -0.39 is 40.3 Å². The quantitative estimate of drug-likeness (QED) is 0.558. The molecule has 1 atom stereocenters. The molecule has 1 aromatic rings. The fraction of sp³-hybridized carbons (Fsp3) is 0.353. The first-order chi connectivity index (χ1) is 12.3. The number of rotatable bonds is 6. The molecule has 140 valence electrons. The van der Waals surface area contributed by atoms with Gasteiger partial charge in [-0.3, -0.25) is 4.79 Å². The maximum absolute atomic E-state index is 11.7. The summed E-state index contributed by atoms with van der Waals surface area (Å²) >= 11 is 0.